The lowest BCUT2D eigenvalue weighted by atomic mass is 9.88. The van der Waals surface area contributed by atoms with Crippen LogP contribution in [-0.4, -0.2) is 10.8 Å². The number of rotatable bonds is 4. The van der Waals surface area contributed by atoms with Crippen LogP contribution in [0.25, 0.3) is 11.1 Å². The minimum absolute atomic E-state index is 0.0622. The second-order valence-corrected chi connectivity index (χ2v) is 6.39. The van der Waals surface area contributed by atoms with E-state index >= 15 is 0 Å². The SMILES string of the molecule is CC(C)(C)CC(=O)Cc1ccc(-c2cccnc2)cc1. The molecule has 0 saturated carbocycles. The third kappa shape index (κ3) is 4.30. The van der Waals surface area contributed by atoms with Crippen molar-refractivity contribution in [1.82, 2.24) is 4.98 Å². The van der Waals surface area contributed by atoms with Crippen molar-refractivity contribution in [2.45, 2.75) is 33.6 Å². The molecular weight excluding hydrogens is 246 g/mol. The van der Waals surface area contributed by atoms with Gasteiger partial charge in [-0.25, -0.2) is 0 Å². The number of hydrogen-bond donors (Lipinski definition) is 0. The molecule has 0 atom stereocenters. The average Bonchev–Trinajstić information content (AvgIpc) is 2.38. The topological polar surface area (TPSA) is 30.0 Å². The van der Waals surface area contributed by atoms with Crippen LogP contribution in [0.2, 0.25) is 0 Å². The molecule has 0 saturated heterocycles. The molecule has 0 amide bonds. The van der Waals surface area contributed by atoms with Gasteiger partial charge in [0.1, 0.15) is 5.78 Å². The fraction of sp³-hybridized carbons (Fsp3) is 0.333. The highest BCUT2D eigenvalue weighted by Crippen LogP contribution is 2.21. The molecule has 0 aliphatic rings. The first-order valence-electron chi connectivity index (χ1n) is 6.95. The van der Waals surface area contributed by atoms with Crippen molar-refractivity contribution < 1.29 is 4.79 Å². The molecule has 20 heavy (non-hydrogen) atoms. The summed E-state index contributed by atoms with van der Waals surface area (Å²) in [5, 5.41) is 0. The van der Waals surface area contributed by atoms with Crippen LogP contribution in [0.15, 0.2) is 48.8 Å². The summed E-state index contributed by atoms with van der Waals surface area (Å²) in [6, 6.07) is 12.1. The van der Waals surface area contributed by atoms with E-state index < -0.39 is 0 Å². The lowest BCUT2D eigenvalue weighted by Gasteiger charge is -2.16. The van der Waals surface area contributed by atoms with Crippen molar-refractivity contribution in [3.8, 4) is 11.1 Å². The highest BCUT2D eigenvalue weighted by Gasteiger charge is 2.16. The summed E-state index contributed by atoms with van der Waals surface area (Å²) in [6.07, 6.45) is 4.75. The molecule has 2 aromatic rings. The Morgan fingerprint density at radius 1 is 1.05 bits per heavy atom. The van der Waals surface area contributed by atoms with Crippen LogP contribution >= 0.6 is 0 Å². The first-order valence-corrected chi connectivity index (χ1v) is 6.95. The van der Waals surface area contributed by atoms with Crippen LogP contribution in [0.3, 0.4) is 0 Å². The molecule has 0 spiro atoms. The molecule has 2 heteroatoms. The van der Waals surface area contributed by atoms with Crippen molar-refractivity contribution in [2.24, 2.45) is 5.41 Å². The number of benzene rings is 1. The minimum Gasteiger partial charge on any atom is -0.299 e. The van der Waals surface area contributed by atoms with E-state index in [2.05, 4.69) is 37.9 Å². The second kappa shape index (κ2) is 6.00. The smallest absolute Gasteiger partial charge is 0.137 e. The maximum absolute atomic E-state index is 12.0. The molecular formula is C18H21NO. The van der Waals surface area contributed by atoms with Gasteiger partial charge in [0, 0.05) is 25.2 Å². The van der Waals surface area contributed by atoms with E-state index in [0.717, 1.165) is 16.7 Å². The van der Waals surface area contributed by atoms with Gasteiger partial charge in [-0.05, 0) is 28.2 Å². The normalized spacial score (nSPS) is 11.3. The summed E-state index contributed by atoms with van der Waals surface area (Å²) >= 11 is 0. The van der Waals surface area contributed by atoms with Crippen LogP contribution in [0.1, 0.15) is 32.8 Å². The molecule has 0 fully saturated rings. The number of ketones is 1. The van der Waals surface area contributed by atoms with Gasteiger partial charge in [-0.3, -0.25) is 9.78 Å². The lowest BCUT2D eigenvalue weighted by Crippen LogP contribution is -2.14. The summed E-state index contributed by atoms with van der Waals surface area (Å²) in [7, 11) is 0. The summed E-state index contributed by atoms with van der Waals surface area (Å²) in [6.45, 7) is 6.28. The van der Waals surface area contributed by atoms with Crippen molar-refractivity contribution in [2.75, 3.05) is 0 Å². The predicted octanol–water partition coefficient (Wildman–Crippen LogP) is 4.30. The van der Waals surface area contributed by atoms with Gasteiger partial charge in [-0.2, -0.15) is 0 Å². The molecule has 2 rings (SSSR count). The molecule has 1 aromatic carbocycles. The highest BCUT2D eigenvalue weighted by molar-refractivity contribution is 5.81. The largest absolute Gasteiger partial charge is 0.299 e. The Bertz CT molecular complexity index is 565. The van der Waals surface area contributed by atoms with E-state index in [-0.39, 0.29) is 5.41 Å². The third-order valence-electron chi connectivity index (χ3n) is 3.08. The zero-order valence-electron chi connectivity index (χ0n) is 12.4. The van der Waals surface area contributed by atoms with Crippen molar-refractivity contribution in [3.63, 3.8) is 0 Å². The van der Waals surface area contributed by atoms with Crippen molar-refractivity contribution in [1.29, 1.82) is 0 Å². The first-order chi connectivity index (χ1) is 9.44. The standard InChI is InChI=1S/C18H21NO/c1-18(2,3)12-17(20)11-14-6-8-15(9-7-14)16-5-4-10-19-13-16/h4-10,13H,11-12H2,1-3H3. The van der Waals surface area contributed by atoms with Crippen molar-refractivity contribution in [3.05, 3.63) is 54.4 Å². The van der Waals surface area contributed by atoms with E-state index in [1.807, 2.05) is 30.5 Å². The number of nitrogens with zero attached hydrogens (tertiary/aromatic N) is 1. The molecule has 0 bridgehead atoms. The fourth-order valence-electron chi connectivity index (χ4n) is 2.23. The Morgan fingerprint density at radius 3 is 2.30 bits per heavy atom. The quantitative estimate of drug-likeness (QED) is 0.826. The summed E-state index contributed by atoms with van der Waals surface area (Å²) in [4.78, 5) is 16.1. The van der Waals surface area contributed by atoms with Crippen LogP contribution in [0, 0.1) is 5.41 Å². The van der Waals surface area contributed by atoms with Gasteiger partial charge in [0.2, 0.25) is 0 Å². The van der Waals surface area contributed by atoms with Gasteiger partial charge in [-0.15, -0.1) is 0 Å². The van der Waals surface area contributed by atoms with Gasteiger partial charge < -0.3 is 0 Å². The Kier molecular flexibility index (Phi) is 4.33. The van der Waals surface area contributed by atoms with Crippen LogP contribution in [0.4, 0.5) is 0 Å². The maximum atomic E-state index is 12.0. The molecule has 1 aromatic heterocycles. The van der Waals surface area contributed by atoms with Crippen LogP contribution in [-0.2, 0) is 11.2 Å². The number of aromatic nitrogens is 1. The van der Waals surface area contributed by atoms with Crippen molar-refractivity contribution >= 4 is 5.78 Å². The molecule has 104 valence electrons. The molecule has 0 radical (unpaired) electrons. The molecule has 0 unspecified atom stereocenters. The van der Waals surface area contributed by atoms with Gasteiger partial charge in [0.05, 0.1) is 0 Å². The van der Waals surface area contributed by atoms with E-state index in [9.17, 15) is 4.79 Å². The van der Waals surface area contributed by atoms with E-state index in [1.165, 1.54) is 0 Å². The maximum Gasteiger partial charge on any atom is 0.137 e. The number of carbonyl (C=O) groups is 1. The number of Topliss-reactive ketones (excluding diaryl/α,β-unsaturated/α-hetero) is 1. The zero-order valence-corrected chi connectivity index (χ0v) is 12.4. The molecule has 1 heterocycles. The Hall–Kier alpha value is -1.96. The molecule has 0 N–H and O–H groups in total. The second-order valence-electron chi connectivity index (χ2n) is 6.39. The predicted molar refractivity (Wildman–Crippen MR) is 82.5 cm³/mol. The number of pyridine rings is 1. The molecule has 0 aliphatic carbocycles. The summed E-state index contributed by atoms with van der Waals surface area (Å²) < 4.78 is 0. The zero-order chi connectivity index (χ0) is 14.6. The minimum atomic E-state index is 0.0622. The third-order valence-corrected chi connectivity index (χ3v) is 3.08. The Labute approximate surface area is 120 Å². The Balaban J connectivity index is 2.04. The first kappa shape index (κ1) is 14.4. The number of carbonyl (C=O) groups excluding carboxylic acids is 1. The monoisotopic (exact) mass is 267 g/mol. The number of hydrogen-bond acceptors (Lipinski definition) is 2. The van der Waals surface area contributed by atoms with Crippen LogP contribution in [0.5, 0.6) is 0 Å². The van der Waals surface area contributed by atoms with E-state index in [0.29, 0.717) is 18.6 Å². The summed E-state index contributed by atoms with van der Waals surface area (Å²) in [5.74, 6) is 0.298. The molecule has 2 nitrogen and oxygen atoms in total. The van der Waals surface area contributed by atoms with Gasteiger partial charge in [0.15, 0.2) is 0 Å². The van der Waals surface area contributed by atoms with Gasteiger partial charge in [0.25, 0.3) is 0 Å². The average molecular weight is 267 g/mol. The lowest BCUT2D eigenvalue weighted by molar-refractivity contribution is -0.120. The van der Waals surface area contributed by atoms with Crippen LogP contribution < -0.4 is 0 Å². The summed E-state index contributed by atoms with van der Waals surface area (Å²) in [5.41, 5.74) is 3.37. The van der Waals surface area contributed by atoms with E-state index in [4.69, 9.17) is 0 Å². The fourth-order valence-corrected chi connectivity index (χ4v) is 2.23. The Morgan fingerprint density at radius 2 is 1.75 bits per heavy atom. The molecule has 0 aliphatic heterocycles. The van der Waals surface area contributed by atoms with E-state index in [1.54, 1.807) is 6.20 Å². The highest BCUT2D eigenvalue weighted by atomic mass is 16.1. The van der Waals surface area contributed by atoms with Gasteiger partial charge in [-0.1, -0.05) is 51.1 Å². The van der Waals surface area contributed by atoms with Gasteiger partial charge >= 0.3 is 0 Å².